The van der Waals surface area contributed by atoms with E-state index in [0.717, 1.165) is 16.6 Å². The number of H-pyrrole nitrogens is 1. The standard InChI is InChI=1S/C7H8N4.ClH/c8-4-5-2-1-3-6-7(5)10-11-9-6;/h1-3H,4,8H2,(H,9,10,11);1H. The molecule has 3 N–H and O–H groups in total. The number of halogens is 1. The van der Waals surface area contributed by atoms with Crippen LogP contribution in [0.3, 0.4) is 0 Å². The molecule has 5 heteroatoms. The highest BCUT2D eigenvalue weighted by Gasteiger charge is 2.00. The minimum atomic E-state index is 0. The molecule has 2 aromatic rings. The number of nitrogens with two attached hydrogens (primary N) is 1. The van der Waals surface area contributed by atoms with Gasteiger partial charge in [-0.2, -0.15) is 15.4 Å². The minimum Gasteiger partial charge on any atom is -0.326 e. The summed E-state index contributed by atoms with van der Waals surface area (Å²) >= 11 is 0. The molecular formula is C7H9ClN4. The zero-order chi connectivity index (χ0) is 7.68. The summed E-state index contributed by atoms with van der Waals surface area (Å²) < 4.78 is 0. The predicted octanol–water partition coefficient (Wildman–Crippen LogP) is 0.838. The molecule has 0 radical (unpaired) electrons. The number of benzene rings is 1. The van der Waals surface area contributed by atoms with Gasteiger partial charge >= 0.3 is 0 Å². The van der Waals surface area contributed by atoms with Crippen molar-refractivity contribution in [1.82, 2.24) is 15.4 Å². The van der Waals surface area contributed by atoms with Crippen LogP contribution in [0.25, 0.3) is 11.0 Å². The zero-order valence-electron chi connectivity index (χ0n) is 6.32. The number of nitrogens with zero attached hydrogens (tertiary/aromatic N) is 2. The van der Waals surface area contributed by atoms with Gasteiger partial charge in [-0.15, -0.1) is 12.4 Å². The summed E-state index contributed by atoms with van der Waals surface area (Å²) in [5.41, 5.74) is 8.26. The lowest BCUT2D eigenvalue weighted by molar-refractivity contribution is 0.954. The summed E-state index contributed by atoms with van der Waals surface area (Å²) in [6.45, 7) is 0.504. The van der Waals surface area contributed by atoms with Gasteiger partial charge in [0.15, 0.2) is 0 Å². The van der Waals surface area contributed by atoms with Gasteiger partial charge in [0, 0.05) is 6.54 Å². The van der Waals surface area contributed by atoms with Crippen LogP contribution in [0, 0.1) is 0 Å². The Balaban J connectivity index is 0.000000720. The Bertz CT molecular complexity index is 370. The van der Waals surface area contributed by atoms with Crippen LogP contribution in [-0.2, 0) is 6.54 Å². The number of aromatic amines is 1. The molecule has 1 aromatic heterocycles. The molecule has 0 unspecified atom stereocenters. The highest BCUT2D eigenvalue weighted by molar-refractivity contribution is 5.85. The number of hydrogen-bond donors (Lipinski definition) is 2. The largest absolute Gasteiger partial charge is 0.326 e. The van der Waals surface area contributed by atoms with E-state index in [9.17, 15) is 0 Å². The van der Waals surface area contributed by atoms with Crippen molar-refractivity contribution >= 4 is 23.4 Å². The first kappa shape index (κ1) is 8.96. The van der Waals surface area contributed by atoms with E-state index >= 15 is 0 Å². The number of rotatable bonds is 1. The Morgan fingerprint density at radius 1 is 1.33 bits per heavy atom. The highest BCUT2D eigenvalue weighted by Crippen LogP contribution is 2.11. The molecule has 0 bridgehead atoms. The second kappa shape index (κ2) is 3.51. The monoisotopic (exact) mass is 184 g/mol. The van der Waals surface area contributed by atoms with E-state index in [1.165, 1.54) is 0 Å². The quantitative estimate of drug-likeness (QED) is 0.690. The van der Waals surface area contributed by atoms with Crippen LogP contribution in [0.15, 0.2) is 18.2 Å². The van der Waals surface area contributed by atoms with Gasteiger partial charge in [0.2, 0.25) is 0 Å². The topological polar surface area (TPSA) is 67.6 Å². The fourth-order valence-electron chi connectivity index (χ4n) is 1.09. The highest BCUT2D eigenvalue weighted by atomic mass is 35.5. The second-order valence-corrected chi connectivity index (χ2v) is 2.31. The molecule has 0 aliphatic heterocycles. The maximum atomic E-state index is 5.49. The molecule has 4 nitrogen and oxygen atoms in total. The van der Waals surface area contributed by atoms with Gasteiger partial charge in [-0.25, -0.2) is 0 Å². The Hall–Kier alpha value is -1.13. The smallest absolute Gasteiger partial charge is 0.117 e. The van der Waals surface area contributed by atoms with Crippen LogP contribution in [-0.4, -0.2) is 15.4 Å². The average molecular weight is 185 g/mol. The van der Waals surface area contributed by atoms with Crippen molar-refractivity contribution in [2.24, 2.45) is 5.73 Å². The van der Waals surface area contributed by atoms with Crippen molar-refractivity contribution in [1.29, 1.82) is 0 Å². The molecular weight excluding hydrogens is 176 g/mol. The summed E-state index contributed by atoms with van der Waals surface area (Å²) in [6, 6.07) is 5.77. The van der Waals surface area contributed by atoms with E-state index in [2.05, 4.69) is 15.4 Å². The lowest BCUT2D eigenvalue weighted by atomic mass is 10.2. The van der Waals surface area contributed by atoms with E-state index in [4.69, 9.17) is 5.73 Å². The third-order valence-corrected chi connectivity index (χ3v) is 1.65. The summed E-state index contributed by atoms with van der Waals surface area (Å²) in [5.74, 6) is 0. The second-order valence-electron chi connectivity index (χ2n) is 2.31. The van der Waals surface area contributed by atoms with Gasteiger partial charge in [-0.05, 0) is 11.6 Å². The van der Waals surface area contributed by atoms with Crippen molar-refractivity contribution in [2.75, 3.05) is 0 Å². The zero-order valence-corrected chi connectivity index (χ0v) is 7.14. The van der Waals surface area contributed by atoms with E-state index in [-0.39, 0.29) is 12.4 Å². The first-order chi connectivity index (χ1) is 5.42. The third-order valence-electron chi connectivity index (χ3n) is 1.65. The Morgan fingerprint density at radius 3 is 2.92 bits per heavy atom. The lowest BCUT2D eigenvalue weighted by Gasteiger charge is -1.93. The molecule has 0 atom stereocenters. The number of nitrogens with one attached hydrogen (secondary N) is 1. The van der Waals surface area contributed by atoms with E-state index in [1.54, 1.807) is 0 Å². The number of fused-ring (bicyclic) bond motifs is 1. The van der Waals surface area contributed by atoms with Crippen LogP contribution in [0.2, 0.25) is 0 Å². The minimum absolute atomic E-state index is 0. The predicted molar refractivity (Wildman–Crippen MR) is 49.0 cm³/mol. The SMILES string of the molecule is Cl.NCc1cccc2n[nH]nc12. The van der Waals surface area contributed by atoms with Crippen LogP contribution < -0.4 is 5.73 Å². The van der Waals surface area contributed by atoms with Crippen molar-refractivity contribution < 1.29 is 0 Å². The molecule has 64 valence electrons. The molecule has 0 amide bonds. The molecule has 0 saturated heterocycles. The third kappa shape index (κ3) is 1.26. The molecule has 0 aliphatic carbocycles. The van der Waals surface area contributed by atoms with Crippen LogP contribution in [0.4, 0.5) is 0 Å². The number of aromatic nitrogens is 3. The van der Waals surface area contributed by atoms with E-state index in [1.807, 2.05) is 18.2 Å². The molecule has 0 spiro atoms. The summed E-state index contributed by atoms with van der Waals surface area (Å²) in [5, 5.41) is 10.5. The summed E-state index contributed by atoms with van der Waals surface area (Å²) in [4.78, 5) is 0. The number of hydrogen-bond acceptors (Lipinski definition) is 3. The maximum Gasteiger partial charge on any atom is 0.117 e. The molecule has 2 rings (SSSR count). The van der Waals surface area contributed by atoms with Crippen molar-refractivity contribution in [3.8, 4) is 0 Å². The molecule has 0 saturated carbocycles. The van der Waals surface area contributed by atoms with E-state index in [0.29, 0.717) is 6.54 Å². The number of para-hydroxylation sites is 1. The molecule has 12 heavy (non-hydrogen) atoms. The molecule has 0 fully saturated rings. The maximum absolute atomic E-state index is 5.49. The first-order valence-electron chi connectivity index (χ1n) is 3.40. The van der Waals surface area contributed by atoms with Crippen molar-refractivity contribution in [3.63, 3.8) is 0 Å². The van der Waals surface area contributed by atoms with Gasteiger partial charge in [0.05, 0.1) is 0 Å². The normalized spacial score (nSPS) is 9.75. The molecule has 1 heterocycles. The van der Waals surface area contributed by atoms with Gasteiger partial charge < -0.3 is 5.73 Å². The summed E-state index contributed by atoms with van der Waals surface area (Å²) in [7, 11) is 0. The Morgan fingerprint density at radius 2 is 2.17 bits per heavy atom. The van der Waals surface area contributed by atoms with Crippen molar-refractivity contribution in [3.05, 3.63) is 23.8 Å². The van der Waals surface area contributed by atoms with Gasteiger partial charge in [0.1, 0.15) is 11.0 Å². The Labute approximate surface area is 75.6 Å². The molecule has 0 aliphatic rings. The molecule has 1 aromatic carbocycles. The first-order valence-corrected chi connectivity index (χ1v) is 3.40. The van der Waals surface area contributed by atoms with Gasteiger partial charge in [-0.3, -0.25) is 0 Å². The fourth-order valence-corrected chi connectivity index (χ4v) is 1.09. The summed E-state index contributed by atoms with van der Waals surface area (Å²) in [6.07, 6.45) is 0. The van der Waals surface area contributed by atoms with Crippen molar-refractivity contribution in [2.45, 2.75) is 6.54 Å². The average Bonchev–Trinajstić information content (AvgIpc) is 2.50. The van der Waals surface area contributed by atoms with Gasteiger partial charge in [0.25, 0.3) is 0 Å². The lowest BCUT2D eigenvalue weighted by Crippen LogP contribution is -1.96. The van der Waals surface area contributed by atoms with E-state index < -0.39 is 0 Å². The Kier molecular flexibility index (Phi) is 2.62. The fraction of sp³-hybridized carbons (Fsp3) is 0.143. The van der Waals surface area contributed by atoms with Crippen LogP contribution in [0.5, 0.6) is 0 Å². The van der Waals surface area contributed by atoms with Crippen LogP contribution in [0.1, 0.15) is 5.56 Å². The van der Waals surface area contributed by atoms with Crippen LogP contribution >= 0.6 is 12.4 Å². The van der Waals surface area contributed by atoms with Gasteiger partial charge in [-0.1, -0.05) is 12.1 Å².